The molecule has 2 N–H and O–H groups in total. The minimum atomic E-state index is -0.975. The summed E-state index contributed by atoms with van der Waals surface area (Å²) in [5, 5.41) is 23.6. The van der Waals surface area contributed by atoms with Crippen molar-refractivity contribution in [3.8, 4) is 0 Å². The molecule has 0 aliphatic heterocycles. The summed E-state index contributed by atoms with van der Waals surface area (Å²) < 4.78 is 0. The molecule has 2 aromatic rings. The van der Waals surface area contributed by atoms with Crippen molar-refractivity contribution in [1.82, 2.24) is 5.32 Å². The molecule has 0 aliphatic rings. The van der Waals surface area contributed by atoms with Crippen molar-refractivity contribution in [2.75, 3.05) is 12.8 Å². The molecule has 1 amide bonds. The van der Waals surface area contributed by atoms with Crippen LogP contribution < -0.4 is 5.32 Å². The Balaban J connectivity index is 2.01. The number of nitrogens with zero attached hydrogens (tertiary/aromatic N) is 1. The van der Waals surface area contributed by atoms with E-state index in [1.54, 1.807) is 12.1 Å². The zero-order chi connectivity index (χ0) is 17.7. The Morgan fingerprint density at radius 1 is 1.33 bits per heavy atom. The van der Waals surface area contributed by atoms with E-state index < -0.39 is 16.9 Å². The number of hydrogen-bond donors (Lipinski definition) is 2. The number of amides is 1. The first-order valence-electron chi connectivity index (χ1n) is 6.96. The van der Waals surface area contributed by atoms with Crippen molar-refractivity contribution in [2.24, 2.45) is 0 Å². The average molecular weight is 367 g/mol. The molecule has 6 nitrogen and oxygen atoms in total. The van der Waals surface area contributed by atoms with Gasteiger partial charge < -0.3 is 10.4 Å². The molecule has 0 saturated heterocycles. The summed E-state index contributed by atoms with van der Waals surface area (Å²) in [4.78, 5) is 23.2. The lowest BCUT2D eigenvalue weighted by atomic mass is 10.1. The molecule has 1 atom stereocenters. The SMILES string of the molecule is CSc1ccc(Cl)c(C(=O)NC[C@@H](O)c2ccc([N+](=O)[O-])cc2)c1. The number of hydrogen-bond acceptors (Lipinski definition) is 5. The third-order valence-corrected chi connectivity index (χ3v) is 4.42. The van der Waals surface area contributed by atoms with Crippen LogP contribution in [0.5, 0.6) is 0 Å². The lowest BCUT2D eigenvalue weighted by molar-refractivity contribution is -0.384. The van der Waals surface area contributed by atoms with E-state index in [4.69, 9.17) is 11.6 Å². The molecule has 0 radical (unpaired) electrons. The van der Waals surface area contributed by atoms with E-state index in [1.807, 2.05) is 12.3 Å². The average Bonchev–Trinajstić information content (AvgIpc) is 2.59. The number of carbonyl (C=O) groups is 1. The molecule has 0 aromatic heterocycles. The van der Waals surface area contributed by atoms with Crippen molar-refractivity contribution in [2.45, 2.75) is 11.0 Å². The van der Waals surface area contributed by atoms with E-state index in [1.165, 1.54) is 36.0 Å². The van der Waals surface area contributed by atoms with Gasteiger partial charge in [0.05, 0.1) is 21.6 Å². The number of carbonyl (C=O) groups excluding carboxylic acids is 1. The summed E-state index contributed by atoms with van der Waals surface area (Å²) >= 11 is 7.52. The second-order valence-corrected chi connectivity index (χ2v) is 6.21. The Bertz CT molecular complexity index is 752. The van der Waals surface area contributed by atoms with Gasteiger partial charge in [0.1, 0.15) is 0 Å². The molecule has 8 heteroatoms. The van der Waals surface area contributed by atoms with Gasteiger partial charge in [-0.05, 0) is 42.2 Å². The summed E-state index contributed by atoms with van der Waals surface area (Å²) in [7, 11) is 0. The maximum absolute atomic E-state index is 12.2. The maximum Gasteiger partial charge on any atom is 0.269 e. The van der Waals surface area contributed by atoms with Crippen molar-refractivity contribution in [1.29, 1.82) is 0 Å². The van der Waals surface area contributed by atoms with Gasteiger partial charge in [-0.15, -0.1) is 11.8 Å². The fraction of sp³-hybridized carbons (Fsp3) is 0.188. The summed E-state index contributed by atoms with van der Waals surface area (Å²) in [6, 6.07) is 10.7. The second-order valence-electron chi connectivity index (χ2n) is 4.92. The molecule has 126 valence electrons. The molecular formula is C16H15ClN2O4S. The molecule has 0 aliphatic carbocycles. The fourth-order valence-electron chi connectivity index (χ4n) is 2.03. The van der Waals surface area contributed by atoms with E-state index >= 15 is 0 Å². The molecule has 0 bridgehead atoms. The lowest BCUT2D eigenvalue weighted by Crippen LogP contribution is -2.28. The Morgan fingerprint density at radius 2 is 2.00 bits per heavy atom. The molecular weight excluding hydrogens is 352 g/mol. The third kappa shape index (κ3) is 4.47. The van der Waals surface area contributed by atoms with Gasteiger partial charge in [-0.2, -0.15) is 0 Å². The first-order chi connectivity index (χ1) is 11.4. The van der Waals surface area contributed by atoms with Crippen LogP contribution in [0.4, 0.5) is 5.69 Å². The van der Waals surface area contributed by atoms with Crippen LogP contribution in [0.1, 0.15) is 22.0 Å². The third-order valence-electron chi connectivity index (χ3n) is 3.36. The molecule has 0 fully saturated rings. The Hall–Kier alpha value is -2.09. The molecule has 0 saturated carbocycles. The summed E-state index contributed by atoms with van der Waals surface area (Å²) in [5.41, 5.74) is 0.750. The highest BCUT2D eigenvalue weighted by Gasteiger charge is 2.15. The van der Waals surface area contributed by atoms with E-state index in [0.717, 1.165) is 4.90 Å². The summed E-state index contributed by atoms with van der Waals surface area (Å²) in [6.07, 6.45) is 0.917. The van der Waals surface area contributed by atoms with Crippen LogP contribution in [-0.4, -0.2) is 28.7 Å². The topological polar surface area (TPSA) is 92.5 Å². The number of nitro benzene ring substituents is 1. The predicted octanol–water partition coefficient (Wildman–Crippen LogP) is 3.43. The molecule has 2 aromatic carbocycles. The van der Waals surface area contributed by atoms with Crippen molar-refractivity contribution in [3.05, 3.63) is 68.7 Å². The van der Waals surface area contributed by atoms with Crippen LogP contribution in [0, 0.1) is 10.1 Å². The monoisotopic (exact) mass is 366 g/mol. The number of nitro groups is 1. The molecule has 0 unspecified atom stereocenters. The Kier molecular flexibility index (Phi) is 6.19. The summed E-state index contributed by atoms with van der Waals surface area (Å²) in [6.45, 7) is -0.0313. The molecule has 0 heterocycles. The standard InChI is InChI=1S/C16H15ClN2O4S/c1-24-12-6-7-14(17)13(8-12)16(21)18-9-15(20)10-2-4-11(5-3-10)19(22)23/h2-8,15,20H,9H2,1H3,(H,18,21)/t15-/m1/s1. The minimum absolute atomic E-state index is 0.0313. The van der Waals surface area contributed by atoms with Crippen LogP contribution in [0.3, 0.4) is 0 Å². The van der Waals surface area contributed by atoms with Gasteiger partial charge in [-0.1, -0.05) is 11.6 Å². The van der Waals surface area contributed by atoms with Gasteiger partial charge >= 0.3 is 0 Å². The highest BCUT2D eigenvalue weighted by atomic mass is 35.5. The maximum atomic E-state index is 12.2. The number of nitrogens with one attached hydrogen (secondary N) is 1. The summed E-state index contributed by atoms with van der Waals surface area (Å²) in [5.74, 6) is -0.392. The van der Waals surface area contributed by atoms with Gasteiger partial charge in [0.15, 0.2) is 0 Å². The van der Waals surface area contributed by atoms with Crippen molar-refractivity contribution >= 4 is 35.0 Å². The normalized spacial score (nSPS) is 11.8. The minimum Gasteiger partial charge on any atom is -0.387 e. The zero-order valence-corrected chi connectivity index (χ0v) is 14.3. The number of aliphatic hydroxyl groups is 1. The fourth-order valence-corrected chi connectivity index (χ4v) is 2.67. The number of rotatable bonds is 6. The first kappa shape index (κ1) is 18.3. The number of thioether (sulfide) groups is 1. The van der Waals surface area contributed by atoms with Gasteiger partial charge in [-0.25, -0.2) is 0 Å². The number of non-ortho nitro benzene ring substituents is 1. The van der Waals surface area contributed by atoms with Gasteiger partial charge in [-0.3, -0.25) is 14.9 Å². The van der Waals surface area contributed by atoms with E-state index in [-0.39, 0.29) is 12.2 Å². The Morgan fingerprint density at radius 3 is 2.58 bits per heavy atom. The first-order valence-corrected chi connectivity index (χ1v) is 8.57. The van der Waals surface area contributed by atoms with Crippen LogP contribution in [0.2, 0.25) is 5.02 Å². The molecule has 2 rings (SSSR count). The van der Waals surface area contributed by atoms with Crippen LogP contribution >= 0.6 is 23.4 Å². The molecule has 24 heavy (non-hydrogen) atoms. The lowest BCUT2D eigenvalue weighted by Gasteiger charge is -2.13. The second kappa shape index (κ2) is 8.14. The van der Waals surface area contributed by atoms with Gasteiger partial charge in [0, 0.05) is 23.6 Å². The largest absolute Gasteiger partial charge is 0.387 e. The van der Waals surface area contributed by atoms with Crippen LogP contribution in [0.25, 0.3) is 0 Å². The molecule has 0 spiro atoms. The van der Waals surface area contributed by atoms with Gasteiger partial charge in [0.25, 0.3) is 11.6 Å². The smallest absolute Gasteiger partial charge is 0.269 e. The Labute approximate surface area is 148 Å². The van der Waals surface area contributed by atoms with E-state index in [2.05, 4.69) is 5.32 Å². The number of halogens is 1. The highest BCUT2D eigenvalue weighted by molar-refractivity contribution is 7.98. The van der Waals surface area contributed by atoms with Crippen molar-refractivity contribution < 1.29 is 14.8 Å². The number of aliphatic hydroxyl groups excluding tert-OH is 1. The highest BCUT2D eigenvalue weighted by Crippen LogP contribution is 2.23. The van der Waals surface area contributed by atoms with Crippen LogP contribution in [0.15, 0.2) is 47.4 Å². The van der Waals surface area contributed by atoms with E-state index in [0.29, 0.717) is 16.1 Å². The predicted molar refractivity (Wildman–Crippen MR) is 93.6 cm³/mol. The van der Waals surface area contributed by atoms with E-state index in [9.17, 15) is 20.0 Å². The van der Waals surface area contributed by atoms with Gasteiger partial charge in [0.2, 0.25) is 0 Å². The van der Waals surface area contributed by atoms with Crippen molar-refractivity contribution in [3.63, 3.8) is 0 Å². The quantitative estimate of drug-likeness (QED) is 0.464. The van der Waals surface area contributed by atoms with Crippen LogP contribution in [-0.2, 0) is 0 Å². The number of benzene rings is 2. The zero-order valence-electron chi connectivity index (χ0n) is 12.7.